The average Bonchev–Trinajstić information content (AvgIpc) is 2.73. The zero-order valence-corrected chi connectivity index (χ0v) is 10.2. The van der Waals surface area contributed by atoms with Crippen LogP contribution < -0.4 is 5.73 Å². The van der Waals surface area contributed by atoms with Crippen molar-refractivity contribution in [1.82, 2.24) is 0 Å². The van der Waals surface area contributed by atoms with Gasteiger partial charge in [0.1, 0.15) is 0 Å². The molecule has 0 spiro atoms. The number of thiophene rings is 1. The molecule has 0 saturated heterocycles. The summed E-state index contributed by atoms with van der Waals surface area (Å²) in [5.41, 5.74) is 6.97. The van der Waals surface area contributed by atoms with Crippen LogP contribution in [-0.2, 0) is 0 Å². The van der Waals surface area contributed by atoms with Crippen LogP contribution in [-0.4, -0.2) is 0 Å². The molecule has 74 valence electrons. The van der Waals surface area contributed by atoms with Crippen LogP contribution in [0.4, 0.5) is 0 Å². The molecule has 0 saturated carbocycles. The number of hydrogen-bond acceptors (Lipinski definition) is 3. The summed E-state index contributed by atoms with van der Waals surface area (Å²) in [5, 5.41) is 0. The van der Waals surface area contributed by atoms with E-state index >= 15 is 0 Å². The van der Waals surface area contributed by atoms with Gasteiger partial charge < -0.3 is 10.2 Å². The van der Waals surface area contributed by atoms with Gasteiger partial charge in [-0.15, -0.1) is 11.3 Å². The fraction of sp³-hybridized carbons (Fsp3) is 0.111. The lowest BCUT2D eigenvalue weighted by molar-refractivity contribution is 0.535. The van der Waals surface area contributed by atoms with E-state index in [1.165, 1.54) is 11.3 Å². The van der Waals surface area contributed by atoms with Gasteiger partial charge in [-0.1, -0.05) is 11.6 Å². The van der Waals surface area contributed by atoms with E-state index in [4.69, 9.17) is 21.8 Å². The normalized spacial score (nSPS) is 13.1. The van der Waals surface area contributed by atoms with E-state index in [-0.39, 0.29) is 6.04 Å². The first-order chi connectivity index (χ1) is 6.68. The van der Waals surface area contributed by atoms with Crippen LogP contribution in [0.25, 0.3) is 0 Å². The minimum absolute atomic E-state index is 0.180. The SMILES string of the molecule is NC(c1ccc(Cl)s1)c1ccoc1Br. The summed E-state index contributed by atoms with van der Waals surface area (Å²) in [6.45, 7) is 0. The molecule has 0 amide bonds. The molecule has 0 aliphatic carbocycles. The van der Waals surface area contributed by atoms with Crippen molar-refractivity contribution in [2.75, 3.05) is 0 Å². The monoisotopic (exact) mass is 291 g/mol. The Hall–Kier alpha value is -0.290. The van der Waals surface area contributed by atoms with Crippen molar-refractivity contribution in [3.05, 3.63) is 43.9 Å². The van der Waals surface area contributed by atoms with Crippen LogP contribution in [0.2, 0.25) is 4.34 Å². The predicted molar refractivity (Wildman–Crippen MR) is 61.8 cm³/mol. The van der Waals surface area contributed by atoms with Gasteiger partial charge >= 0.3 is 0 Å². The van der Waals surface area contributed by atoms with Crippen molar-refractivity contribution in [3.63, 3.8) is 0 Å². The lowest BCUT2D eigenvalue weighted by Gasteiger charge is -2.06. The topological polar surface area (TPSA) is 39.2 Å². The van der Waals surface area contributed by atoms with Crippen LogP contribution in [0.3, 0.4) is 0 Å². The Morgan fingerprint density at radius 2 is 2.21 bits per heavy atom. The highest BCUT2D eigenvalue weighted by atomic mass is 79.9. The average molecular weight is 293 g/mol. The van der Waals surface area contributed by atoms with Gasteiger partial charge in [-0.25, -0.2) is 0 Å². The predicted octanol–water partition coefficient (Wildman–Crippen LogP) is 3.81. The lowest BCUT2D eigenvalue weighted by atomic mass is 10.1. The molecule has 2 N–H and O–H groups in total. The van der Waals surface area contributed by atoms with E-state index in [1.807, 2.05) is 18.2 Å². The molecule has 1 unspecified atom stereocenters. The van der Waals surface area contributed by atoms with Crippen LogP contribution in [0.15, 0.2) is 33.5 Å². The summed E-state index contributed by atoms with van der Waals surface area (Å²) in [4.78, 5) is 1.03. The van der Waals surface area contributed by atoms with E-state index in [9.17, 15) is 0 Å². The maximum Gasteiger partial charge on any atom is 0.174 e. The minimum Gasteiger partial charge on any atom is -0.457 e. The molecule has 0 aromatic carbocycles. The number of rotatable bonds is 2. The third-order valence-corrected chi connectivity index (χ3v) is 3.84. The second-order valence-electron chi connectivity index (χ2n) is 2.77. The van der Waals surface area contributed by atoms with Gasteiger partial charge in [-0.3, -0.25) is 0 Å². The number of hydrogen-bond donors (Lipinski definition) is 1. The van der Waals surface area contributed by atoms with Crippen LogP contribution in [0.1, 0.15) is 16.5 Å². The van der Waals surface area contributed by atoms with Gasteiger partial charge in [0.25, 0.3) is 0 Å². The molecule has 14 heavy (non-hydrogen) atoms. The highest BCUT2D eigenvalue weighted by molar-refractivity contribution is 9.10. The van der Waals surface area contributed by atoms with Crippen LogP contribution in [0.5, 0.6) is 0 Å². The van der Waals surface area contributed by atoms with Gasteiger partial charge in [0.15, 0.2) is 4.67 Å². The summed E-state index contributed by atoms with van der Waals surface area (Å²) < 4.78 is 6.54. The molecule has 2 aromatic heterocycles. The number of halogens is 2. The van der Waals surface area contributed by atoms with E-state index in [2.05, 4.69) is 15.9 Å². The molecule has 2 heterocycles. The Kier molecular flexibility index (Phi) is 2.97. The number of furan rings is 1. The Morgan fingerprint density at radius 3 is 2.71 bits per heavy atom. The van der Waals surface area contributed by atoms with Crippen molar-refractivity contribution in [2.45, 2.75) is 6.04 Å². The minimum atomic E-state index is -0.180. The third-order valence-electron chi connectivity index (χ3n) is 1.88. The highest BCUT2D eigenvalue weighted by Crippen LogP contribution is 2.32. The van der Waals surface area contributed by atoms with E-state index < -0.39 is 0 Å². The summed E-state index contributed by atoms with van der Waals surface area (Å²) >= 11 is 10.6. The zero-order chi connectivity index (χ0) is 10.1. The van der Waals surface area contributed by atoms with Gasteiger partial charge in [0.2, 0.25) is 0 Å². The maximum absolute atomic E-state index is 6.04. The second kappa shape index (κ2) is 4.06. The Balaban J connectivity index is 2.33. The summed E-state index contributed by atoms with van der Waals surface area (Å²) in [6.07, 6.45) is 1.61. The smallest absolute Gasteiger partial charge is 0.174 e. The third kappa shape index (κ3) is 1.88. The molecular weight excluding hydrogens is 286 g/mol. The maximum atomic E-state index is 6.04. The first-order valence-corrected chi connectivity index (χ1v) is 5.91. The van der Waals surface area contributed by atoms with Crippen LogP contribution >= 0.6 is 38.9 Å². The van der Waals surface area contributed by atoms with Gasteiger partial charge in [0, 0.05) is 10.4 Å². The molecule has 0 aliphatic heterocycles. The summed E-state index contributed by atoms with van der Waals surface area (Å²) in [6, 6.07) is 5.44. The molecule has 0 fully saturated rings. The lowest BCUT2D eigenvalue weighted by Crippen LogP contribution is -2.09. The van der Waals surface area contributed by atoms with Crippen molar-refractivity contribution in [1.29, 1.82) is 0 Å². The number of nitrogens with two attached hydrogens (primary N) is 1. The van der Waals surface area contributed by atoms with E-state index in [1.54, 1.807) is 6.26 Å². The standard InChI is InChI=1S/C9H7BrClNOS/c10-9-5(3-4-13-9)8(12)6-1-2-7(11)14-6/h1-4,8H,12H2. The Morgan fingerprint density at radius 1 is 1.43 bits per heavy atom. The van der Waals surface area contributed by atoms with Crippen LogP contribution in [0, 0.1) is 0 Å². The summed E-state index contributed by atoms with van der Waals surface area (Å²) in [5.74, 6) is 0. The molecule has 2 nitrogen and oxygen atoms in total. The molecule has 0 radical (unpaired) electrons. The van der Waals surface area contributed by atoms with Gasteiger partial charge in [-0.05, 0) is 34.1 Å². The zero-order valence-electron chi connectivity index (χ0n) is 7.04. The Labute approximate surface area is 98.8 Å². The van der Waals surface area contributed by atoms with Crippen molar-refractivity contribution >= 4 is 38.9 Å². The fourth-order valence-electron chi connectivity index (χ4n) is 1.18. The van der Waals surface area contributed by atoms with Crippen molar-refractivity contribution < 1.29 is 4.42 Å². The quantitative estimate of drug-likeness (QED) is 0.914. The molecule has 1 atom stereocenters. The first kappa shape index (κ1) is 10.2. The molecule has 0 aliphatic rings. The van der Waals surface area contributed by atoms with Crippen molar-refractivity contribution in [3.8, 4) is 0 Å². The summed E-state index contributed by atoms with van der Waals surface area (Å²) in [7, 11) is 0. The van der Waals surface area contributed by atoms with E-state index in [0.29, 0.717) is 4.67 Å². The largest absolute Gasteiger partial charge is 0.457 e. The molecule has 5 heteroatoms. The Bertz CT molecular complexity index is 439. The molecular formula is C9H7BrClNOS. The fourth-order valence-corrected chi connectivity index (χ4v) is 2.74. The van der Waals surface area contributed by atoms with Crippen molar-refractivity contribution in [2.24, 2.45) is 5.73 Å². The molecule has 2 rings (SSSR count). The van der Waals surface area contributed by atoms with E-state index in [0.717, 1.165) is 14.8 Å². The first-order valence-electron chi connectivity index (χ1n) is 3.92. The van der Waals surface area contributed by atoms with Gasteiger partial charge in [0.05, 0.1) is 16.6 Å². The molecule has 0 bridgehead atoms. The molecule has 2 aromatic rings. The highest BCUT2D eigenvalue weighted by Gasteiger charge is 2.15. The van der Waals surface area contributed by atoms with Gasteiger partial charge in [-0.2, -0.15) is 0 Å². The second-order valence-corrected chi connectivity index (χ2v) is 5.24.